The Morgan fingerprint density at radius 1 is 0.889 bits per heavy atom. The number of aryl methyl sites for hydroxylation is 1. The molecule has 2 aromatic heterocycles. The molecule has 0 saturated carbocycles. The first-order chi connectivity index (χ1) is 8.86. The average Bonchev–Trinajstić information content (AvgIpc) is 2.73. The molecule has 2 aromatic carbocycles. The predicted octanol–water partition coefficient (Wildman–Crippen LogP) is 3.88. The molecule has 0 amide bonds. The summed E-state index contributed by atoms with van der Waals surface area (Å²) in [6, 6.07) is 17.0. The molecule has 86 valence electrons. The molecule has 0 N–H and O–H groups in total. The van der Waals surface area contributed by atoms with Crippen molar-refractivity contribution in [2.45, 2.75) is 0 Å². The molecule has 0 fully saturated rings. The van der Waals surface area contributed by atoms with Crippen molar-refractivity contribution >= 4 is 32.7 Å². The largest absolute Gasteiger partial charge is 0.342 e. The van der Waals surface area contributed by atoms with Crippen molar-refractivity contribution in [3.63, 3.8) is 0 Å². The standard InChI is InChI=1S/C16H12N2/c1-18-13-9-8-11-5-2-3-6-12(11)15(13)16-14(18)7-4-10-17-16/h2-10H,1H3. The lowest BCUT2D eigenvalue weighted by molar-refractivity contribution is 1.01. The number of hydrogen-bond donors (Lipinski definition) is 0. The summed E-state index contributed by atoms with van der Waals surface area (Å²) in [6.07, 6.45) is 1.86. The summed E-state index contributed by atoms with van der Waals surface area (Å²) in [5.41, 5.74) is 3.51. The van der Waals surface area contributed by atoms with Gasteiger partial charge in [0.15, 0.2) is 0 Å². The van der Waals surface area contributed by atoms with Gasteiger partial charge in [0, 0.05) is 18.6 Å². The maximum atomic E-state index is 4.56. The summed E-state index contributed by atoms with van der Waals surface area (Å²) >= 11 is 0. The van der Waals surface area contributed by atoms with Gasteiger partial charge in [-0.05, 0) is 29.0 Å². The normalized spacial score (nSPS) is 11.6. The van der Waals surface area contributed by atoms with Crippen molar-refractivity contribution in [3.05, 3.63) is 54.7 Å². The highest BCUT2D eigenvalue weighted by Gasteiger charge is 2.11. The lowest BCUT2D eigenvalue weighted by atomic mass is 10.1. The van der Waals surface area contributed by atoms with Crippen LogP contribution in [0.4, 0.5) is 0 Å². The molecule has 0 unspecified atom stereocenters. The molecule has 4 rings (SSSR count). The van der Waals surface area contributed by atoms with Gasteiger partial charge in [0.1, 0.15) is 0 Å². The fourth-order valence-electron chi connectivity index (χ4n) is 2.78. The van der Waals surface area contributed by atoms with Gasteiger partial charge >= 0.3 is 0 Å². The average molecular weight is 232 g/mol. The van der Waals surface area contributed by atoms with Crippen LogP contribution in [0.5, 0.6) is 0 Å². The number of rotatable bonds is 0. The van der Waals surface area contributed by atoms with Crippen LogP contribution in [-0.2, 0) is 7.05 Å². The summed E-state index contributed by atoms with van der Waals surface area (Å²) in [7, 11) is 2.10. The first-order valence-electron chi connectivity index (χ1n) is 6.07. The van der Waals surface area contributed by atoms with Crippen LogP contribution < -0.4 is 0 Å². The van der Waals surface area contributed by atoms with E-state index >= 15 is 0 Å². The van der Waals surface area contributed by atoms with Crippen molar-refractivity contribution in [1.29, 1.82) is 0 Å². The van der Waals surface area contributed by atoms with Crippen LogP contribution in [0.3, 0.4) is 0 Å². The Bertz CT molecular complexity index is 887. The number of pyridine rings is 1. The van der Waals surface area contributed by atoms with Gasteiger partial charge in [-0.2, -0.15) is 0 Å². The second-order valence-corrected chi connectivity index (χ2v) is 4.61. The molecule has 0 aliphatic heterocycles. The lowest BCUT2D eigenvalue weighted by Crippen LogP contribution is -1.86. The Morgan fingerprint density at radius 2 is 1.78 bits per heavy atom. The Balaban J connectivity index is 2.41. The van der Waals surface area contributed by atoms with Gasteiger partial charge in [-0.25, -0.2) is 0 Å². The van der Waals surface area contributed by atoms with Crippen LogP contribution in [0.2, 0.25) is 0 Å². The molecule has 4 aromatic rings. The van der Waals surface area contributed by atoms with Crippen molar-refractivity contribution in [3.8, 4) is 0 Å². The van der Waals surface area contributed by atoms with E-state index < -0.39 is 0 Å². The molecule has 0 aliphatic carbocycles. The van der Waals surface area contributed by atoms with E-state index in [2.05, 4.69) is 59.1 Å². The molecular weight excluding hydrogens is 220 g/mol. The van der Waals surface area contributed by atoms with Crippen LogP contribution in [0.1, 0.15) is 0 Å². The van der Waals surface area contributed by atoms with E-state index in [-0.39, 0.29) is 0 Å². The third kappa shape index (κ3) is 1.10. The summed E-state index contributed by atoms with van der Waals surface area (Å²) in [6.45, 7) is 0. The smallest absolute Gasteiger partial charge is 0.0965 e. The van der Waals surface area contributed by atoms with Gasteiger partial charge in [-0.3, -0.25) is 4.98 Å². The van der Waals surface area contributed by atoms with E-state index in [1.807, 2.05) is 12.3 Å². The van der Waals surface area contributed by atoms with Crippen LogP contribution in [0, 0.1) is 0 Å². The monoisotopic (exact) mass is 232 g/mol. The molecule has 0 bridgehead atoms. The number of aromatic nitrogens is 2. The third-order valence-corrected chi connectivity index (χ3v) is 3.65. The lowest BCUT2D eigenvalue weighted by Gasteiger charge is -2.00. The maximum Gasteiger partial charge on any atom is 0.0965 e. The first kappa shape index (κ1) is 9.66. The number of benzene rings is 2. The second kappa shape index (κ2) is 3.33. The van der Waals surface area contributed by atoms with Crippen molar-refractivity contribution in [2.75, 3.05) is 0 Å². The SMILES string of the molecule is Cn1c2cccnc2c2c3ccccc3ccc21. The maximum absolute atomic E-state index is 4.56. The molecular formula is C16H12N2. The summed E-state index contributed by atoms with van der Waals surface area (Å²) in [5.74, 6) is 0. The molecule has 0 aliphatic rings. The highest BCUT2D eigenvalue weighted by atomic mass is 15.0. The van der Waals surface area contributed by atoms with Gasteiger partial charge in [-0.15, -0.1) is 0 Å². The third-order valence-electron chi connectivity index (χ3n) is 3.65. The van der Waals surface area contributed by atoms with Crippen LogP contribution in [0.25, 0.3) is 32.7 Å². The fourth-order valence-corrected chi connectivity index (χ4v) is 2.78. The van der Waals surface area contributed by atoms with Gasteiger partial charge in [0.25, 0.3) is 0 Å². The van der Waals surface area contributed by atoms with Gasteiger partial charge < -0.3 is 4.57 Å². The van der Waals surface area contributed by atoms with E-state index in [4.69, 9.17) is 0 Å². The van der Waals surface area contributed by atoms with Gasteiger partial charge in [-0.1, -0.05) is 30.3 Å². The van der Waals surface area contributed by atoms with Crippen LogP contribution in [0.15, 0.2) is 54.7 Å². The van der Waals surface area contributed by atoms with Crippen molar-refractivity contribution < 1.29 is 0 Å². The quantitative estimate of drug-likeness (QED) is 0.450. The molecule has 0 saturated heterocycles. The van der Waals surface area contributed by atoms with E-state index in [0.29, 0.717) is 0 Å². The zero-order valence-corrected chi connectivity index (χ0v) is 10.1. The number of fused-ring (bicyclic) bond motifs is 5. The molecule has 0 radical (unpaired) electrons. The second-order valence-electron chi connectivity index (χ2n) is 4.61. The minimum atomic E-state index is 1.09. The summed E-state index contributed by atoms with van der Waals surface area (Å²) in [4.78, 5) is 4.56. The van der Waals surface area contributed by atoms with Gasteiger partial charge in [0.2, 0.25) is 0 Å². The van der Waals surface area contributed by atoms with E-state index in [0.717, 1.165) is 5.52 Å². The van der Waals surface area contributed by atoms with E-state index in [1.165, 1.54) is 27.2 Å². The number of nitrogens with zero attached hydrogens (tertiary/aromatic N) is 2. The van der Waals surface area contributed by atoms with Crippen LogP contribution >= 0.6 is 0 Å². The van der Waals surface area contributed by atoms with Crippen molar-refractivity contribution in [2.24, 2.45) is 7.05 Å². The Kier molecular flexibility index (Phi) is 1.78. The highest BCUT2D eigenvalue weighted by molar-refractivity contribution is 6.19. The van der Waals surface area contributed by atoms with E-state index in [9.17, 15) is 0 Å². The molecule has 2 nitrogen and oxygen atoms in total. The van der Waals surface area contributed by atoms with Crippen molar-refractivity contribution in [1.82, 2.24) is 9.55 Å². The Labute approximate surface area is 104 Å². The minimum Gasteiger partial charge on any atom is -0.342 e. The van der Waals surface area contributed by atoms with Gasteiger partial charge in [0.05, 0.1) is 16.6 Å². The zero-order chi connectivity index (χ0) is 12.1. The topological polar surface area (TPSA) is 17.8 Å². The molecule has 0 atom stereocenters. The Hall–Kier alpha value is -2.35. The van der Waals surface area contributed by atoms with E-state index in [1.54, 1.807) is 0 Å². The highest BCUT2D eigenvalue weighted by Crippen LogP contribution is 2.32. The molecule has 18 heavy (non-hydrogen) atoms. The summed E-state index contributed by atoms with van der Waals surface area (Å²) < 4.78 is 2.21. The molecule has 0 spiro atoms. The zero-order valence-electron chi connectivity index (χ0n) is 10.1. The fraction of sp³-hybridized carbons (Fsp3) is 0.0625. The van der Waals surface area contributed by atoms with Crippen LogP contribution in [-0.4, -0.2) is 9.55 Å². The first-order valence-corrected chi connectivity index (χ1v) is 6.07. The predicted molar refractivity (Wildman–Crippen MR) is 75.7 cm³/mol. The Morgan fingerprint density at radius 3 is 2.72 bits per heavy atom. The minimum absolute atomic E-state index is 1.09. The summed E-state index contributed by atoms with van der Waals surface area (Å²) in [5, 5.41) is 3.80. The molecule has 2 heteroatoms. The molecule has 2 heterocycles. The number of hydrogen-bond acceptors (Lipinski definition) is 1.